The molecule has 1 rings (SSSR count). The summed E-state index contributed by atoms with van der Waals surface area (Å²) in [6.07, 6.45) is 1.37. The first-order valence-corrected chi connectivity index (χ1v) is 6.44. The second-order valence-electron chi connectivity index (χ2n) is 3.83. The molecule has 0 amide bonds. The minimum absolute atomic E-state index is 0.114. The van der Waals surface area contributed by atoms with Crippen LogP contribution in [-0.4, -0.2) is 61.9 Å². The zero-order valence-electron chi connectivity index (χ0n) is 8.52. The van der Waals surface area contributed by atoms with Crippen LogP contribution in [0.1, 0.15) is 12.8 Å². The van der Waals surface area contributed by atoms with Crippen LogP contribution >= 0.6 is 0 Å². The fourth-order valence-corrected chi connectivity index (χ4v) is 2.17. The van der Waals surface area contributed by atoms with E-state index in [-0.39, 0.29) is 5.75 Å². The molecule has 14 heavy (non-hydrogen) atoms. The number of unbranched alkanes of at least 4 members (excludes halogenated alkanes) is 1. The third-order valence-corrected chi connectivity index (χ3v) is 3.17. The van der Waals surface area contributed by atoms with Crippen LogP contribution < -0.4 is 0 Å². The van der Waals surface area contributed by atoms with Crippen LogP contribution in [0.3, 0.4) is 0 Å². The fourth-order valence-electron chi connectivity index (χ4n) is 1.60. The lowest BCUT2D eigenvalue weighted by Gasteiger charge is -2.14. The molecular weight excluding hydrogens is 204 g/mol. The molecule has 0 saturated carbocycles. The van der Waals surface area contributed by atoms with Gasteiger partial charge in [-0.1, -0.05) is 0 Å². The van der Waals surface area contributed by atoms with Gasteiger partial charge in [0.2, 0.25) is 0 Å². The van der Waals surface area contributed by atoms with E-state index in [1.54, 1.807) is 0 Å². The summed E-state index contributed by atoms with van der Waals surface area (Å²) in [5.41, 5.74) is 0. The number of likely N-dealkylation sites (N-methyl/N-ethyl adjacent to an activating group) is 1. The molecule has 0 aromatic carbocycles. The Morgan fingerprint density at radius 3 is 2.50 bits per heavy atom. The molecule has 84 valence electrons. The van der Waals surface area contributed by atoms with Gasteiger partial charge in [-0.05, 0) is 26.4 Å². The fraction of sp³-hybridized carbons (Fsp3) is 1.00. The molecule has 1 saturated heterocycles. The lowest BCUT2D eigenvalue weighted by Crippen LogP contribution is -2.24. The summed E-state index contributed by atoms with van der Waals surface area (Å²) < 4.78 is 29.3. The van der Waals surface area contributed by atoms with Crippen molar-refractivity contribution in [2.75, 3.05) is 39.1 Å². The molecule has 0 spiro atoms. The molecule has 1 aliphatic heterocycles. The van der Waals surface area contributed by atoms with Gasteiger partial charge in [0.05, 0.1) is 12.4 Å². The van der Waals surface area contributed by atoms with E-state index < -0.39 is 10.1 Å². The molecule has 1 N–H and O–H groups in total. The zero-order valence-corrected chi connectivity index (χ0v) is 9.33. The quantitative estimate of drug-likeness (QED) is 0.518. The maximum Gasteiger partial charge on any atom is 0.264 e. The van der Waals surface area contributed by atoms with Gasteiger partial charge in [0, 0.05) is 13.1 Å². The maximum absolute atomic E-state index is 10.4. The van der Waals surface area contributed by atoms with Crippen LogP contribution in [0.4, 0.5) is 0 Å². The van der Waals surface area contributed by atoms with Crippen LogP contribution in [0.5, 0.6) is 0 Å². The lowest BCUT2D eigenvalue weighted by molar-refractivity contribution is 0.271. The van der Waals surface area contributed by atoms with Gasteiger partial charge in [-0.25, -0.2) is 0 Å². The Labute approximate surface area is 85.4 Å². The second-order valence-corrected chi connectivity index (χ2v) is 5.40. The average Bonchev–Trinajstić information content (AvgIpc) is 2.44. The van der Waals surface area contributed by atoms with Crippen LogP contribution in [0.15, 0.2) is 0 Å². The Hall–Kier alpha value is -0.170. The van der Waals surface area contributed by atoms with Crippen LogP contribution in [0.25, 0.3) is 0 Å². The highest BCUT2D eigenvalue weighted by Crippen LogP contribution is 2.04. The van der Waals surface area contributed by atoms with Gasteiger partial charge in [0.15, 0.2) is 0 Å². The van der Waals surface area contributed by atoms with E-state index in [9.17, 15) is 8.42 Å². The minimum atomic E-state index is -3.76. The first kappa shape index (κ1) is 11.9. The number of hydrogen-bond acceptors (Lipinski definition) is 4. The van der Waals surface area contributed by atoms with Gasteiger partial charge in [0.25, 0.3) is 10.1 Å². The number of hydrogen-bond donors (Lipinski definition) is 1. The molecule has 0 aromatic rings. The van der Waals surface area contributed by atoms with Crippen molar-refractivity contribution < 1.29 is 13.0 Å². The topological polar surface area (TPSA) is 60.9 Å². The predicted octanol–water partition coefficient (Wildman–Crippen LogP) is -0.141. The molecule has 0 atom stereocenters. The Bertz CT molecular complexity index is 266. The molecule has 6 heteroatoms. The Balaban J connectivity index is 2.05. The molecule has 0 radical (unpaired) electrons. The summed E-state index contributed by atoms with van der Waals surface area (Å²) in [5.74, 6) is -0.114. The van der Waals surface area contributed by atoms with E-state index >= 15 is 0 Å². The number of rotatable bonds is 5. The van der Waals surface area contributed by atoms with Crippen molar-refractivity contribution in [2.45, 2.75) is 12.8 Å². The molecular formula is C8H18N2O3S. The van der Waals surface area contributed by atoms with Crippen molar-refractivity contribution in [3.8, 4) is 0 Å². The average molecular weight is 222 g/mol. The second kappa shape index (κ2) is 5.06. The van der Waals surface area contributed by atoms with E-state index in [1.807, 2.05) is 0 Å². The normalized spacial score (nSPS) is 20.4. The van der Waals surface area contributed by atoms with Gasteiger partial charge >= 0.3 is 0 Å². The summed E-state index contributed by atoms with van der Waals surface area (Å²) in [4.78, 5) is 4.51. The highest BCUT2D eigenvalue weighted by Gasteiger charge is 2.15. The van der Waals surface area contributed by atoms with Gasteiger partial charge in [-0.2, -0.15) is 8.42 Å². The summed E-state index contributed by atoms with van der Waals surface area (Å²) in [6, 6.07) is 0. The molecule has 5 nitrogen and oxygen atoms in total. The highest BCUT2D eigenvalue weighted by atomic mass is 32.2. The van der Waals surface area contributed by atoms with Crippen molar-refractivity contribution >= 4 is 10.1 Å². The summed E-state index contributed by atoms with van der Waals surface area (Å²) in [7, 11) is -1.69. The van der Waals surface area contributed by atoms with Crippen molar-refractivity contribution in [3.05, 3.63) is 0 Å². The summed E-state index contributed by atoms with van der Waals surface area (Å²) in [5, 5.41) is 0. The van der Waals surface area contributed by atoms with Gasteiger partial charge < -0.3 is 0 Å². The third kappa shape index (κ3) is 4.90. The zero-order chi connectivity index (χ0) is 10.6. The van der Waals surface area contributed by atoms with Gasteiger partial charge in [-0.3, -0.25) is 14.4 Å². The van der Waals surface area contributed by atoms with Crippen molar-refractivity contribution in [3.63, 3.8) is 0 Å². The third-order valence-electron chi connectivity index (χ3n) is 2.37. The molecule has 0 bridgehead atoms. The standard InChI is InChI=1S/C8H18N2O3S/c1-9-5-6-10(8-9)4-2-3-7-14(11,12)13/h2-8H2,1H3,(H,11,12,13). The van der Waals surface area contributed by atoms with Crippen molar-refractivity contribution in [1.82, 2.24) is 9.80 Å². The smallest absolute Gasteiger partial charge is 0.264 e. The van der Waals surface area contributed by atoms with E-state index in [4.69, 9.17) is 4.55 Å². The van der Waals surface area contributed by atoms with Gasteiger partial charge in [0.1, 0.15) is 0 Å². The van der Waals surface area contributed by atoms with E-state index in [2.05, 4.69) is 16.8 Å². The Morgan fingerprint density at radius 2 is 2.00 bits per heavy atom. The lowest BCUT2D eigenvalue weighted by atomic mass is 10.3. The molecule has 0 aromatic heterocycles. The molecule has 1 fully saturated rings. The van der Waals surface area contributed by atoms with Crippen LogP contribution in [0.2, 0.25) is 0 Å². The SMILES string of the molecule is CN1CCN(CCCCS(=O)(=O)O)C1. The summed E-state index contributed by atoms with van der Waals surface area (Å²) in [6.45, 7) is 4.02. The monoisotopic (exact) mass is 222 g/mol. The van der Waals surface area contributed by atoms with Crippen molar-refractivity contribution in [1.29, 1.82) is 0 Å². The Kier molecular flexibility index (Phi) is 4.31. The van der Waals surface area contributed by atoms with E-state index in [0.29, 0.717) is 6.42 Å². The predicted molar refractivity (Wildman–Crippen MR) is 54.7 cm³/mol. The first-order valence-electron chi connectivity index (χ1n) is 4.83. The first-order chi connectivity index (χ1) is 6.47. The summed E-state index contributed by atoms with van der Waals surface area (Å²) >= 11 is 0. The molecule has 1 aliphatic rings. The van der Waals surface area contributed by atoms with Crippen LogP contribution in [-0.2, 0) is 10.1 Å². The molecule has 1 heterocycles. The molecule has 0 unspecified atom stereocenters. The maximum atomic E-state index is 10.4. The Morgan fingerprint density at radius 1 is 1.29 bits per heavy atom. The number of nitrogens with zero attached hydrogens (tertiary/aromatic N) is 2. The van der Waals surface area contributed by atoms with E-state index in [1.165, 1.54) is 0 Å². The van der Waals surface area contributed by atoms with Gasteiger partial charge in [-0.15, -0.1) is 0 Å². The highest BCUT2D eigenvalue weighted by molar-refractivity contribution is 7.85. The van der Waals surface area contributed by atoms with Crippen molar-refractivity contribution in [2.24, 2.45) is 0 Å². The van der Waals surface area contributed by atoms with E-state index in [0.717, 1.165) is 32.7 Å². The minimum Gasteiger partial charge on any atom is -0.292 e. The largest absolute Gasteiger partial charge is 0.292 e. The van der Waals surface area contributed by atoms with Crippen LogP contribution in [0, 0.1) is 0 Å². The molecule has 0 aliphatic carbocycles.